The van der Waals surface area contributed by atoms with Gasteiger partial charge in [0.2, 0.25) is 0 Å². The summed E-state index contributed by atoms with van der Waals surface area (Å²) in [5.74, 6) is 1.40. The van der Waals surface area contributed by atoms with Gasteiger partial charge in [-0.3, -0.25) is 0 Å². The largest absolute Gasteiger partial charge is 0.352 e. The zero-order chi connectivity index (χ0) is 13.4. The molecule has 7 heteroatoms. The van der Waals surface area contributed by atoms with Gasteiger partial charge in [0, 0.05) is 18.2 Å². The highest BCUT2D eigenvalue weighted by Gasteiger charge is 2.32. The van der Waals surface area contributed by atoms with Gasteiger partial charge >= 0.3 is 0 Å². The van der Waals surface area contributed by atoms with E-state index >= 15 is 0 Å². The minimum atomic E-state index is 0.443. The smallest absolute Gasteiger partial charge is 0.255 e. The Labute approximate surface area is 115 Å². The number of hydrogen-bond donors (Lipinski definition) is 0. The number of nitriles is 1. The van der Waals surface area contributed by atoms with Crippen LogP contribution in [0.25, 0.3) is 5.78 Å². The van der Waals surface area contributed by atoms with Crippen LogP contribution < -0.4 is 4.90 Å². The van der Waals surface area contributed by atoms with Crippen molar-refractivity contribution in [3.05, 3.63) is 17.0 Å². The normalized spacial score (nSPS) is 14.6. The molecule has 98 valence electrons. The van der Waals surface area contributed by atoms with Crippen LogP contribution in [0.15, 0.2) is 6.33 Å². The second-order valence-electron chi connectivity index (χ2n) is 4.66. The third-order valence-corrected chi connectivity index (χ3v) is 3.67. The predicted octanol–water partition coefficient (Wildman–Crippen LogP) is 1.97. The van der Waals surface area contributed by atoms with Crippen LogP contribution in [0.5, 0.6) is 0 Å². The quantitative estimate of drug-likeness (QED) is 0.799. The maximum absolute atomic E-state index is 8.81. The molecule has 1 aliphatic carbocycles. The lowest BCUT2D eigenvalue weighted by Gasteiger charge is -2.25. The van der Waals surface area contributed by atoms with E-state index in [2.05, 4.69) is 26.0 Å². The van der Waals surface area contributed by atoms with Crippen LogP contribution in [-0.2, 0) is 0 Å². The molecular formula is C12H13ClN6. The molecule has 2 aromatic heterocycles. The van der Waals surface area contributed by atoms with E-state index in [9.17, 15) is 0 Å². The van der Waals surface area contributed by atoms with Gasteiger partial charge in [-0.1, -0.05) is 11.6 Å². The van der Waals surface area contributed by atoms with Crippen LogP contribution in [0.1, 0.15) is 24.8 Å². The van der Waals surface area contributed by atoms with Crippen molar-refractivity contribution in [2.24, 2.45) is 0 Å². The average molecular weight is 277 g/mol. The van der Waals surface area contributed by atoms with E-state index in [1.165, 1.54) is 6.33 Å². The molecule has 19 heavy (non-hydrogen) atoms. The molecule has 0 aromatic carbocycles. The summed E-state index contributed by atoms with van der Waals surface area (Å²) >= 11 is 6.17. The molecule has 3 rings (SSSR count). The molecule has 0 spiro atoms. The van der Waals surface area contributed by atoms with Crippen LogP contribution in [-0.4, -0.2) is 32.2 Å². The molecule has 0 aliphatic heterocycles. The monoisotopic (exact) mass is 276 g/mol. The molecule has 2 heterocycles. The minimum absolute atomic E-state index is 0.443. The maximum atomic E-state index is 8.81. The fourth-order valence-corrected chi connectivity index (χ4v) is 2.40. The summed E-state index contributed by atoms with van der Waals surface area (Å²) in [5, 5.41) is 13.5. The second kappa shape index (κ2) is 4.67. The summed E-state index contributed by atoms with van der Waals surface area (Å²) in [5.41, 5.74) is 0.879. The van der Waals surface area contributed by atoms with E-state index in [-0.39, 0.29) is 0 Å². The summed E-state index contributed by atoms with van der Waals surface area (Å²) in [6.07, 6.45) is 4.23. The Kier molecular flexibility index (Phi) is 2.99. The van der Waals surface area contributed by atoms with Crippen molar-refractivity contribution in [2.45, 2.75) is 32.2 Å². The summed E-state index contributed by atoms with van der Waals surface area (Å²) in [6.45, 7) is 2.60. The van der Waals surface area contributed by atoms with Crippen molar-refractivity contribution in [1.82, 2.24) is 19.6 Å². The van der Waals surface area contributed by atoms with Gasteiger partial charge in [0.1, 0.15) is 17.3 Å². The van der Waals surface area contributed by atoms with Crippen LogP contribution in [0.4, 0.5) is 5.82 Å². The zero-order valence-electron chi connectivity index (χ0n) is 10.5. The SMILES string of the molecule is Cc1c(Cl)nc2ncnn2c1N(CCC#N)C1CC1. The first kappa shape index (κ1) is 12.2. The van der Waals surface area contributed by atoms with E-state index in [1.807, 2.05) is 6.92 Å². The fraction of sp³-hybridized carbons (Fsp3) is 0.500. The van der Waals surface area contributed by atoms with Crippen molar-refractivity contribution in [3.8, 4) is 6.07 Å². The highest BCUT2D eigenvalue weighted by molar-refractivity contribution is 6.30. The minimum Gasteiger partial charge on any atom is -0.352 e. The Morgan fingerprint density at radius 3 is 3.05 bits per heavy atom. The molecule has 0 saturated heterocycles. The molecule has 0 amide bonds. The maximum Gasteiger partial charge on any atom is 0.255 e. The number of nitrogens with zero attached hydrogens (tertiary/aromatic N) is 6. The van der Waals surface area contributed by atoms with Crippen molar-refractivity contribution in [3.63, 3.8) is 0 Å². The van der Waals surface area contributed by atoms with Crippen molar-refractivity contribution < 1.29 is 0 Å². The highest BCUT2D eigenvalue weighted by atomic mass is 35.5. The van der Waals surface area contributed by atoms with E-state index in [0.717, 1.165) is 24.2 Å². The molecule has 0 bridgehead atoms. The number of halogens is 1. The van der Waals surface area contributed by atoms with Gasteiger partial charge in [-0.25, -0.2) is 0 Å². The molecule has 0 unspecified atom stereocenters. The van der Waals surface area contributed by atoms with Gasteiger partial charge in [0.15, 0.2) is 0 Å². The summed E-state index contributed by atoms with van der Waals surface area (Å²) in [4.78, 5) is 10.5. The lowest BCUT2D eigenvalue weighted by atomic mass is 10.3. The fourth-order valence-electron chi connectivity index (χ4n) is 2.24. The number of hydrogen-bond acceptors (Lipinski definition) is 5. The number of fused-ring (bicyclic) bond motifs is 1. The van der Waals surface area contributed by atoms with Crippen LogP contribution in [0.2, 0.25) is 5.15 Å². The number of rotatable bonds is 4. The first-order chi connectivity index (χ1) is 9.22. The van der Waals surface area contributed by atoms with E-state index in [1.54, 1.807) is 4.52 Å². The summed E-state index contributed by atoms with van der Waals surface area (Å²) in [6, 6.07) is 2.66. The first-order valence-electron chi connectivity index (χ1n) is 6.22. The lowest BCUT2D eigenvalue weighted by molar-refractivity contribution is 0.744. The Hall–Kier alpha value is -1.87. The van der Waals surface area contributed by atoms with Crippen molar-refractivity contribution in [1.29, 1.82) is 5.26 Å². The molecule has 2 aromatic rings. The molecule has 0 radical (unpaired) electrons. The van der Waals surface area contributed by atoms with Crippen LogP contribution in [0, 0.1) is 18.3 Å². The second-order valence-corrected chi connectivity index (χ2v) is 5.01. The first-order valence-corrected chi connectivity index (χ1v) is 6.59. The van der Waals surface area contributed by atoms with Crippen molar-refractivity contribution >= 4 is 23.2 Å². The van der Waals surface area contributed by atoms with E-state index in [4.69, 9.17) is 16.9 Å². The zero-order valence-corrected chi connectivity index (χ0v) is 11.3. The van der Waals surface area contributed by atoms with Crippen LogP contribution in [0.3, 0.4) is 0 Å². The van der Waals surface area contributed by atoms with Gasteiger partial charge in [-0.2, -0.15) is 24.8 Å². The van der Waals surface area contributed by atoms with Gasteiger partial charge in [-0.05, 0) is 19.8 Å². The van der Waals surface area contributed by atoms with Gasteiger partial charge < -0.3 is 4.90 Å². The number of aromatic nitrogens is 4. The summed E-state index contributed by atoms with van der Waals surface area (Å²) in [7, 11) is 0. The van der Waals surface area contributed by atoms with Gasteiger partial charge in [0.25, 0.3) is 5.78 Å². The van der Waals surface area contributed by atoms with E-state index in [0.29, 0.717) is 29.9 Å². The molecular weight excluding hydrogens is 264 g/mol. The standard InChI is InChI=1S/C12H13ClN6/c1-8-10(13)17-12-15-7-16-19(12)11(8)18(6-2-5-14)9-3-4-9/h7,9H,2-4,6H2,1H3. The molecule has 1 fully saturated rings. The van der Waals surface area contributed by atoms with E-state index < -0.39 is 0 Å². The Bertz CT molecular complexity index is 654. The summed E-state index contributed by atoms with van der Waals surface area (Å²) < 4.78 is 1.71. The molecule has 1 aliphatic rings. The average Bonchev–Trinajstić information content (AvgIpc) is 3.13. The lowest BCUT2D eigenvalue weighted by Crippen LogP contribution is -2.30. The predicted molar refractivity (Wildman–Crippen MR) is 71.1 cm³/mol. The third-order valence-electron chi connectivity index (χ3n) is 3.30. The Morgan fingerprint density at radius 1 is 1.58 bits per heavy atom. The molecule has 6 nitrogen and oxygen atoms in total. The Balaban J connectivity index is 2.13. The third kappa shape index (κ3) is 2.10. The molecule has 0 N–H and O–H groups in total. The topological polar surface area (TPSA) is 70.1 Å². The van der Waals surface area contributed by atoms with Crippen molar-refractivity contribution in [2.75, 3.05) is 11.4 Å². The Morgan fingerprint density at radius 2 is 2.37 bits per heavy atom. The molecule has 1 saturated carbocycles. The van der Waals surface area contributed by atoms with Gasteiger partial charge in [0.05, 0.1) is 12.5 Å². The molecule has 0 atom stereocenters. The highest BCUT2D eigenvalue weighted by Crippen LogP contribution is 2.35. The van der Waals surface area contributed by atoms with Crippen LogP contribution >= 0.6 is 11.6 Å². The van der Waals surface area contributed by atoms with Gasteiger partial charge in [-0.15, -0.1) is 0 Å². The number of anilines is 1.